The zero-order valence-corrected chi connectivity index (χ0v) is 17.2. The fourth-order valence-corrected chi connectivity index (χ4v) is 4.10. The lowest BCUT2D eigenvalue weighted by Crippen LogP contribution is -2.24. The number of amides is 1. The number of aryl methyl sites for hydroxylation is 2. The van der Waals surface area contributed by atoms with Crippen LogP contribution in [0.4, 0.5) is 5.69 Å². The van der Waals surface area contributed by atoms with Crippen LogP contribution in [0.25, 0.3) is 10.9 Å². The molecule has 0 bridgehead atoms. The summed E-state index contributed by atoms with van der Waals surface area (Å²) in [5.41, 5.74) is 2.99. The van der Waals surface area contributed by atoms with Crippen molar-refractivity contribution in [2.24, 2.45) is 0 Å². The number of carbonyl (C=O) groups is 1. The number of hydrogen-bond acceptors (Lipinski definition) is 4. The minimum absolute atomic E-state index is 0.103. The molecule has 2 aromatic carbocycles. The number of rotatable bonds is 6. The lowest BCUT2D eigenvalue weighted by Gasteiger charge is -2.13. The van der Waals surface area contributed by atoms with Crippen LogP contribution in [-0.2, 0) is 11.3 Å². The van der Waals surface area contributed by atoms with Gasteiger partial charge in [0, 0.05) is 6.54 Å². The number of nitrogens with one attached hydrogen (secondary N) is 1. The molecule has 1 amide bonds. The van der Waals surface area contributed by atoms with Crippen LogP contribution in [0.5, 0.6) is 0 Å². The van der Waals surface area contributed by atoms with Crippen LogP contribution in [-0.4, -0.2) is 21.2 Å². The predicted octanol–water partition coefficient (Wildman–Crippen LogP) is 4.58. The Balaban J connectivity index is 1.83. The summed E-state index contributed by atoms with van der Waals surface area (Å²) >= 11 is 7.47. The van der Waals surface area contributed by atoms with Gasteiger partial charge in [-0.05, 0) is 43.2 Å². The third kappa shape index (κ3) is 4.29. The fraction of sp³-hybridized carbons (Fsp3) is 0.190. The molecular weight excluding hydrogens is 394 g/mol. The summed E-state index contributed by atoms with van der Waals surface area (Å²) < 4.78 is 1.53. The first-order valence-corrected chi connectivity index (χ1v) is 10.1. The van der Waals surface area contributed by atoms with Crippen LogP contribution in [0, 0.1) is 13.8 Å². The molecule has 5 nitrogen and oxygen atoms in total. The Morgan fingerprint density at radius 2 is 2.07 bits per heavy atom. The van der Waals surface area contributed by atoms with Crippen molar-refractivity contribution < 1.29 is 4.79 Å². The number of allylic oxidation sites excluding steroid dienone is 1. The van der Waals surface area contributed by atoms with Gasteiger partial charge in [-0.25, -0.2) is 4.98 Å². The minimum atomic E-state index is -0.216. The summed E-state index contributed by atoms with van der Waals surface area (Å²) in [5, 5.41) is 4.37. The lowest BCUT2D eigenvalue weighted by atomic mass is 10.1. The van der Waals surface area contributed by atoms with Crippen molar-refractivity contribution in [3.05, 3.63) is 75.6 Å². The van der Waals surface area contributed by atoms with Crippen molar-refractivity contribution in [2.45, 2.75) is 25.5 Å². The van der Waals surface area contributed by atoms with Crippen LogP contribution < -0.4 is 10.9 Å². The summed E-state index contributed by atoms with van der Waals surface area (Å²) in [7, 11) is 0. The van der Waals surface area contributed by atoms with Crippen LogP contribution in [0.1, 0.15) is 11.1 Å². The van der Waals surface area contributed by atoms with Gasteiger partial charge in [0.15, 0.2) is 5.16 Å². The molecule has 7 heteroatoms. The van der Waals surface area contributed by atoms with Gasteiger partial charge in [0.25, 0.3) is 5.56 Å². The number of anilines is 1. The second kappa shape index (κ2) is 8.63. The van der Waals surface area contributed by atoms with Crippen molar-refractivity contribution in [1.82, 2.24) is 9.55 Å². The lowest BCUT2D eigenvalue weighted by molar-refractivity contribution is -0.113. The molecule has 1 heterocycles. The molecule has 1 aromatic heterocycles. The third-order valence-electron chi connectivity index (χ3n) is 4.17. The minimum Gasteiger partial charge on any atom is -0.324 e. The average Bonchev–Trinajstić information content (AvgIpc) is 2.65. The third-order valence-corrected chi connectivity index (χ3v) is 5.44. The quantitative estimate of drug-likeness (QED) is 0.365. The topological polar surface area (TPSA) is 64.0 Å². The van der Waals surface area contributed by atoms with E-state index < -0.39 is 0 Å². The van der Waals surface area contributed by atoms with E-state index >= 15 is 0 Å². The Bertz CT molecular complexity index is 1100. The Hall–Kier alpha value is -2.57. The summed E-state index contributed by atoms with van der Waals surface area (Å²) in [6.45, 7) is 7.87. The van der Waals surface area contributed by atoms with Gasteiger partial charge >= 0.3 is 0 Å². The SMILES string of the molecule is C=CCn1c(SCC(=O)Nc2c(C)cc(C)cc2Cl)nc2ccccc2c1=O. The van der Waals surface area contributed by atoms with E-state index in [-0.39, 0.29) is 17.2 Å². The fourth-order valence-electron chi connectivity index (χ4n) is 2.93. The number of aromatic nitrogens is 2. The molecule has 0 saturated heterocycles. The highest BCUT2D eigenvalue weighted by molar-refractivity contribution is 7.99. The molecule has 0 aliphatic rings. The molecule has 0 spiro atoms. The molecule has 0 radical (unpaired) electrons. The molecule has 3 aromatic rings. The van der Waals surface area contributed by atoms with Crippen molar-refractivity contribution >= 4 is 45.9 Å². The van der Waals surface area contributed by atoms with E-state index in [4.69, 9.17) is 11.6 Å². The Kier molecular flexibility index (Phi) is 6.21. The highest BCUT2D eigenvalue weighted by atomic mass is 35.5. The van der Waals surface area contributed by atoms with Gasteiger partial charge in [-0.2, -0.15) is 0 Å². The van der Waals surface area contributed by atoms with E-state index in [0.717, 1.165) is 11.1 Å². The van der Waals surface area contributed by atoms with Crippen LogP contribution >= 0.6 is 23.4 Å². The Morgan fingerprint density at radius 3 is 2.79 bits per heavy atom. The van der Waals surface area contributed by atoms with Gasteiger partial charge in [0.2, 0.25) is 5.91 Å². The smallest absolute Gasteiger partial charge is 0.262 e. The normalized spacial score (nSPS) is 10.8. The van der Waals surface area contributed by atoms with E-state index in [1.54, 1.807) is 24.3 Å². The number of para-hydroxylation sites is 1. The van der Waals surface area contributed by atoms with Gasteiger partial charge < -0.3 is 5.32 Å². The molecule has 0 unspecified atom stereocenters. The van der Waals surface area contributed by atoms with E-state index in [0.29, 0.717) is 33.3 Å². The predicted molar refractivity (Wildman–Crippen MR) is 116 cm³/mol. The summed E-state index contributed by atoms with van der Waals surface area (Å²) in [5.74, 6) is -0.114. The van der Waals surface area contributed by atoms with Gasteiger partial charge in [-0.1, -0.05) is 47.6 Å². The molecule has 0 fully saturated rings. The molecule has 0 atom stereocenters. The van der Waals surface area contributed by atoms with Crippen molar-refractivity contribution in [3.8, 4) is 0 Å². The largest absolute Gasteiger partial charge is 0.324 e. The van der Waals surface area contributed by atoms with Crippen molar-refractivity contribution in [3.63, 3.8) is 0 Å². The molecule has 28 heavy (non-hydrogen) atoms. The summed E-state index contributed by atoms with van der Waals surface area (Å²) in [4.78, 5) is 29.8. The van der Waals surface area contributed by atoms with Gasteiger partial charge in [0.05, 0.1) is 27.4 Å². The van der Waals surface area contributed by atoms with Gasteiger partial charge in [0.1, 0.15) is 0 Å². The monoisotopic (exact) mass is 413 g/mol. The maximum atomic E-state index is 12.7. The molecule has 3 rings (SSSR count). The van der Waals surface area contributed by atoms with E-state index in [2.05, 4.69) is 16.9 Å². The molecule has 0 aliphatic carbocycles. The second-order valence-corrected chi connectivity index (χ2v) is 7.74. The average molecular weight is 414 g/mol. The zero-order chi connectivity index (χ0) is 20.3. The van der Waals surface area contributed by atoms with Crippen LogP contribution in [0.2, 0.25) is 5.02 Å². The first-order valence-electron chi connectivity index (χ1n) is 8.70. The number of fused-ring (bicyclic) bond motifs is 1. The number of hydrogen-bond donors (Lipinski definition) is 1. The number of carbonyl (C=O) groups excluding carboxylic acids is 1. The molecular formula is C21H20ClN3O2S. The first-order chi connectivity index (χ1) is 13.4. The van der Waals surface area contributed by atoms with Crippen LogP contribution in [0.15, 0.2) is 59.0 Å². The standard InChI is InChI=1S/C21H20ClN3O2S/c1-4-9-25-20(27)15-7-5-6-8-17(15)23-21(25)28-12-18(26)24-19-14(3)10-13(2)11-16(19)22/h4-8,10-11H,1,9,12H2,2-3H3,(H,24,26). The molecule has 144 valence electrons. The number of thioether (sulfide) groups is 1. The number of nitrogens with zero attached hydrogens (tertiary/aromatic N) is 2. The Labute approximate surface area is 172 Å². The highest BCUT2D eigenvalue weighted by Gasteiger charge is 2.14. The van der Waals surface area contributed by atoms with E-state index in [1.807, 2.05) is 32.0 Å². The van der Waals surface area contributed by atoms with E-state index in [1.165, 1.54) is 16.3 Å². The van der Waals surface area contributed by atoms with Crippen LogP contribution in [0.3, 0.4) is 0 Å². The second-order valence-electron chi connectivity index (χ2n) is 6.39. The van der Waals surface area contributed by atoms with E-state index in [9.17, 15) is 9.59 Å². The maximum absolute atomic E-state index is 12.7. The van der Waals surface area contributed by atoms with Crippen molar-refractivity contribution in [2.75, 3.05) is 11.1 Å². The number of halogens is 1. The summed E-state index contributed by atoms with van der Waals surface area (Å²) in [6, 6.07) is 10.9. The van der Waals surface area contributed by atoms with Gasteiger partial charge in [-0.15, -0.1) is 6.58 Å². The highest BCUT2D eigenvalue weighted by Crippen LogP contribution is 2.28. The van der Waals surface area contributed by atoms with Crippen molar-refractivity contribution in [1.29, 1.82) is 0 Å². The number of benzene rings is 2. The summed E-state index contributed by atoms with van der Waals surface area (Å²) in [6.07, 6.45) is 1.64. The maximum Gasteiger partial charge on any atom is 0.262 e. The molecule has 0 saturated carbocycles. The first kappa shape index (κ1) is 20.2. The molecule has 0 aliphatic heterocycles. The zero-order valence-electron chi connectivity index (χ0n) is 15.7. The Morgan fingerprint density at radius 1 is 1.32 bits per heavy atom. The molecule has 1 N–H and O–H groups in total. The van der Waals surface area contributed by atoms with Gasteiger partial charge in [-0.3, -0.25) is 14.2 Å².